The minimum Gasteiger partial charge on any atom is -0.481 e. The lowest BCUT2D eigenvalue weighted by Crippen LogP contribution is -1.82. The van der Waals surface area contributed by atoms with Crippen LogP contribution in [0, 0.1) is 0 Å². The molecule has 1 aromatic carbocycles. The molecule has 1 rings (SSSR count). The van der Waals surface area contributed by atoms with Gasteiger partial charge in [-0.25, -0.2) is 0 Å². The van der Waals surface area contributed by atoms with Crippen molar-refractivity contribution in [3.63, 3.8) is 0 Å². The molecule has 58 valence electrons. The maximum atomic E-state index is 8.95. The molecule has 1 aromatic rings. The minimum absolute atomic E-state index is 0.0730. The van der Waals surface area contributed by atoms with E-state index in [-0.39, 0.29) is 5.95 Å². The third kappa shape index (κ3) is 2.34. The number of aliphatic hydroxyl groups excluding tert-OH is 1. The fourth-order valence-corrected chi connectivity index (χ4v) is 0.751. The topological polar surface area (TPSA) is 29.5 Å². The molecule has 0 spiro atoms. The molecule has 1 N–H and O–H groups in total. The summed E-state index contributed by atoms with van der Waals surface area (Å²) in [5.74, 6) is -0.0730. The third-order valence-corrected chi connectivity index (χ3v) is 1.30. The molecule has 11 heavy (non-hydrogen) atoms. The first kappa shape index (κ1) is 7.66. The number of benzene rings is 1. The van der Waals surface area contributed by atoms with Gasteiger partial charge in [0.05, 0.1) is 7.11 Å². The number of methoxy groups -OCH3 is 1. The molecule has 0 heterocycles. The van der Waals surface area contributed by atoms with Crippen LogP contribution in [0.2, 0.25) is 0 Å². The van der Waals surface area contributed by atoms with Crippen molar-refractivity contribution in [3.05, 3.63) is 41.8 Å². The van der Waals surface area contributed by atoms with Crippen LogP contribution in [0.1, 0.15) is 5.56 Å². The molecule has 0 radical (unpaired) electrons. The Kier molecular flexibility index (Phi) is 2.55. The molecule has 0 saturated carbocycles. The van der Waals surface area contributed by atoms with Crippen molar-refractivity contribution >= 4 is 6.08 Å². The first-order valence-corrected chi connectivity index (χ1v) is 3.32. The van der Waals surface area contributed by atoms with E-state index in [1.807, 2.05) is 30.3 Å². The molecule has 0 aliphatic rings. The van der Waals surface area contributed by atoms with Gasteiger partial charge in [-0.15, -0.1) is 0 Å². The molecule has 0 unspecified atom stereocenters. The van der Waals surface area contributed by atoms with Gasteiger partial charge in [-0.05, 0) is 5.56 Å². The molecule has 0 fully saturated rings. The van der Waals surface area contributed by atoms with E-state index in [2.05, 4.69) is 4.74 Å². The molecule has 2 nitrogen and oxygen atoms in total. The molecule has 2 heteroatoms. The molecule has 0 saturated heterocycles. The quantitative estimate of drug-likeness (QED) is 0.655. The largest absolute Gasteiger partial charge is 0.481 e. The lowest BCUT2D eigenvalue weighted by molar-refractivity contribution is 0.141. The van der Waals surface area contributed by atoms with Crippen LogP contribution in [-0.2, 0) is 4.74 Å². The molecule has 0 bridgehead atoms. The number of ether oxygens (including phenoxy) is 1. The van der Waals surface area contributed by atoms with Crippen LogP contribution in [0.4, 0.5) is 0 Å². The Labute approximate surface area is 65.7 Å². The Morgan fingerprint density at radius 1 is 1.36 bits per heavy atom. The van der Waals surface area contributed by atoms with Crippen LogP contribution < -0.4 is 0 Å². The van der Waals surface area contributed by atoms with Gasteiger partial charge in [0.2, 0.25) is 0 Å². The van der Waals surface area contributed by atoms with E-state index in [0.29, 0.717) is 0 Å². The number of rotatable bonds is 2. The summed E-state index contributed by atoms with van der Waals surface area (Å²) in [6.07, 6.45) is 1.56. The van der Waals surface area contributed by atoms with Gasteiger partial charge in [-0.1, -0.05) is 30.3 Å². The van der Waals surface area contributed by atoms with Gasteiger partial charge in [0, 0.05) is 6.08 Å². The van der Waals surface area contributed by atoms with Crippen LogP contribution in [0.15, 0.2) is 36.3 Å². The predicted octanol–water partition coefficient (Wildman–Crippen LogP) is 2.19. The highest BCUT2D eigenvalue weighted by Gasteiger charge is 1.89. The highest BCUT2D eigenvalue weighted by atomic mass is 16.6. The number of hydrogen-bond acceptors (Lipinski definition) is 2. The van der Waals surface area contributed by atoms with Gasteiger partial charge in [0.25, 0.3) is 5.95 Å². The van der Waals surface area contributed by atoms with E-state index >= 15 is 0 Å². The van der Waals surface area contributed by atoms with Crippen molar-refractivity contribution in [3.8, 4) is 0 Å². The lowest BCUT2D eigenvalue weighted by Gasteiger charge is -1.95. The van der Waals surface area contributed by atoms with Crippen molar-refractivity contribution in [1.29, 1.82) is 0 Å². The summed E-state index contributed by atoms with van der Waals surface area (Å²) in [5.41, 5.74) is 0.923. The summed E-state index contributed by atoms with van der Waals surface area (Å²) >= 11 is 0. The van der Waals surface area contributed by atoms with E-state index in [4.69, 9.17) is 5.11 Å². The number of hydrogen-bond donors (Lipinski definition) is 1. The maximum absolute atomic E-state index is 8.95. The van der Waals surface area contributed by atoms with E-state index in [0.717, 1.165) is 5.56 Å². The van der Waals surface area contributed by atoms with Crippen LogP contribution >= 0.6 is 0 Å². The normalized spacial score (nSPS) is 11.2. The average Bonchev–Trinajstić information content (AvgIpc) is 2.06. The second kappa shape index (κ2) is 3.66. The zero-order chi connectivity index (χ0) is 8.10. The summed E-state index contributed by atoms with van der Waals surface area (Å²) in [6.45, 7) is 0. The van der Waals surface area contributed by atoms with Gasteiger partial charge in [0.1, 0.15) is 0 Å². The van der Waals surface area contributed by atoms with Crippen LogP contribution in [0.5, 0.6) is 0 Å². The Balaban J connectivity index is 2.79. The van der Waals surface area contributed by atoms with Crippen molar-refractivity contribution in [1.82, 2.24) is 0 Å². The lowest BCUT2D eigenvalue weighted by atomic mass is 10.2. The SMILES string of the molecule is CO/C(O)=C\c1ccccc1. The molecule has 0 aliphatic heterocycles. The highest BCUT2D eigenvalue weighted by Crippen LogP contribution is 2.03. The fourth-order valence-electron chi connectivity index (χ4n) is 0.751. The Bertz CT molecular complexity index is 239. The van der Waals surface area contributed by atoms with Crippen molar-refractivity contribution in [2.24, 2.45) is 0 Å². The molecule has 0 amide bonds. The molecular formula is C9H10O2. The average molecular weight is 150 g/mol. The smallest absolute Gasteiger partial charge is 0.276 e. The van der Waals surface area contributed by atoms with E-state index in [9.17, 15) is 0 Å². The molecule has 0 aliphatic carbocycles. The number of aliphatic hydroxyl groups is 1. The van der Waals surface area contributed by atoms with Gasteiger partial charge >= 0.3 is 0 Å². The van der Waals surface area contributed by atoms with Crippen LogP contribution in [0.25, 0.3) is 6.08 Å². The standard InChI is InChI=1S/C9H10O2/c1-11-9(10)7-8-5-3-2-4-6-8/h2-7,10H,1H3/b9-7-. The Morgan fingerprint density at radius 3 is 2.55 bits per heavy atom. The fraction of sp³-hybridized carbons (Fsp3) is 0.111. The molecule has 0 atom stereocenters. The van der Waals surface area contributed by atoms with Crippen LogP contribution in [0.3, 0.4) is 0 Å². The van der Waals surface area contributed by atoms with E-state index in [1.165, 1.54) is 7.11 Å². The third-order valence-electron chi connectivity index (χ3n) is 1.30. The predicted molar refractivity (Wildman–Crippen MR) is 44.1 cm³/mol. The highest BCUT2D eigenvalue weighted by molar-refractivity contribution is 5.49. The van der Waals surface area contributed by atoms with Crippen molar-refractivity contribution in [2.75, 3.05) is 7.11 Å². The maximum Gasteiger partial charge on any atom is 0.276 e. The van der Waals surface area contributed by atoms with Crippen molar-refractivity contribution in [2.45, 2.75) is 0 Å². The summed E-state index contributed by atoms with van der Waals surface area (Å²) in [7, 11) is 1.43. The summed E-state index contributed by atoms with van der Waals surface area (Å²) < 4.78 is 4.57. The van der Waals surface area contributed by atoms with E-state index in [1.54, 1.807) is 6.08 Å². The first-order valence-electron chi connectivity index (χ1n) is 3.32. The molecule has 0 aromatic heterocycles. The summed E-state index contributed by atoms with van der Waals surface area (Å²) in [4.78, 5) is 0. The summed E-state index contributed by atoms with van der Waals surface area (Å²) in [5, 5.41) is 8.95. The summed E-state index contributed by atoms with van der Waals surface area (Å²) in [6, 6.07) is 9.48. The minimum atomic E-state index is -0.0730. The Morgan fingerprint density at radius 2 is 2.00 bits per heavy atom. The van der Waals surface area contributed by atoms with Gasteiger partial charge in [-0.2, -0.15) is 0 Å². The molecular weight excluding hydrogens is 140 g/mol. The van der Waals surface area contributed by atoms with E-state index < -0.39 is 0 Å². The Hall–Kier alpha value is -1.44. The zero-order valence-corrected chi connectivity index (χ0v) is 6.32. The van der Waals surface area contributed by atoms with Gasteiger partial charge in [0.15, 0.2) is 0 Å². The first-order chi connectivity index (χ1) is 5.33. The van der Waals surface area contributed by atoms with Crippen LogP contribution in [-0.4, -0.2) is 12.2 Å². The van der Waals surface area contributed by atoms with Crippen molar-refractivity contribution < 1.29 is 9.84 Å². The van der Waals surface area contributed by atoms with Gasteiger partial charge in [-0.3, -0.25) is 0 Å². The zero-order valence-electron chi connectivity index (χ0n) is 6.32. The van der Waals surface area contributed by atoms with Gasteiger partial charge < -0.3 is 9.84 Å². The second-order valence-corrected chi connectivity index (χ2v) is 2.10. The second-order valence-electron chi connectivity index (χ2n) is 2.10. The monoisotopic (exact) mass is 150 g/mol.